The molecular weight excluding hydrogens is 480 g/mol. The number of carbonyl (C=O) groups is 4. The summed E-state index contributed by atoms with van der Waals surface area (Å²) in [5.41, 5.74) is 0.617. The highest BCUT2D eigenvalue weighted by Gasteiger charge is 2.40. The summed E-state index contributed by atoms with van der Waals surface area (Å²) in [7, 11) is 2.27. The van der Waals surface area contributed by atoms with E-state index in [-0.39, 0.29) is 22.8 Å². The number of esters is 3. The van der Waals surface area contributed by atoms with Gasteiger partial charge in [0.15, 0.2) is 23.0 Å². The van der Waals surface area contributed by atoms with Crippen LogP contribution < -0.4 is 4.74 Å². The van der Waals surface area contributed by atoms with Crippen molar-refractivity contribution < 1.29 is 58.6 Å². The van der Waals surface area contributed by atoms with Crippen LogP contribution in [0.15, 0.2) is 48.6 Å². The Labute approximate surface area is 204 Å². The highest BCUT2D eigenvalue weighted by atomic mass is 16.6. The molecule has 0 bridgehead atoms. The normalized spacial score (nSPS) is 12.6. The number of carboxylic acids is 1. The highest BCUT2D eigenvalue weighted by molar-refractivity contribution is 5.94. The van der Waals surface area contributed by atoms with E-state index in [1.54, 1.807) is 0 Å². The molecule has 4 N–H and O–H groups in total. The summed E-state index contributed by atoms with van der Waals surface area (Å²) >= 11 is 0. The molecule has 2 aromatic rings. The zero-order valence-corrected chi connectivity index (χ0v) is 19.0. The SMILES string of the molecule is COC(=O)C(OC(=O)/C=C/c1ccc(OC)c(O)c1)C(OC(=O)/C=C/c1ccc(O)c(O)c1)C(=O)O. The van der Waals surface area contributed by atoms with Gasteiger partial charge in [-0.25, -0.2) is 19.2 Å². The summed E-state index contributed by atoms with van der Waals surface area (Å²) in [6.07, 6.45) is -0.391. The second-order valence-corrected chi connectivity index (χ2v) is 6.92. The third-order valence-electron chi connectivity index (χ3n) is 4.46. The van der Waals surface area contributed by atoms with Crippen molar-refractivity contribution in [3.8, 4) is 23.0 Å². The summed E-state index contributed by atoms with van der Waals surface area (Å²) in [5, 5.41) is 38.0. The minimum absolute atomic E-state index is 0.197. The van der Waals surface area contributed by atoms with Gasteiger partial charge in [-0.2, -0.15) is 0 Å². The molecule has 0 aliphatic carbocycles. The summed E-state index contributed by atoms with van der Waals surface area (Å²) in [4.78, 5) is 48.2. The molecule has 2 aromatic carbocycles. The molecule has 0 fully saturated rings. The van der Waals surface area contributed by atoms with Crippen LogP contribution in [-0.4, -0.2) is 70.7 Å². The first kappa shape index (κ1) is 27.2. The van der Waals surface area contributed by atoms with Crippen LogP contribution in [0, 0.1) is 0 Å². The number of phenols is 3. The Morgan fingerprint density at radius 1 is 0.750 bits per heavy atom. The Morgan fingerprint density at radius 3 is 1.75 bits per heavy atom. The smallest absolute Gasteiger partial charge is 0.351 e. The summed E-state index contributed by atoms with van der Waals surface area (Å²) in [6, 6.07) is 7.85. The number of methoxy groups -OCH3 is 2. The molecule has 2 rings (SSSR count). The quantitative estimate of drug-likeness (QED) is 0.159. The summed E-state index contributed by atoms with van der Waals surface area (Å²) in [5.74, 6) is -6.33. The summed E-state index contributed by atoms with van der Waals surface area (Å²) in [6.45, 7) is 0. The molecule has 2 atom stereocenters. The van der Waals surface area contributed by atoms with Gasteiger partial charge in [-0.15, -0.1) is 0 Å². The number of carbonyl (C=O) groups excluding carboxylic acids is 3. The monoisotopic (exact) mass is 502 g/mol. The van der Waals surface area contributed by atoms with E-state index in [0.29, 0.717) is 5.56 Å². The zero-order chi connectivity index (χ0) is 26.8. The van der Waals surface area contributed by atoms with Gasteiger partial charge in [0.1, 0.15) is 0 Å². The van der Waals surface area contributed by atoms with Crippen LogP contribution in [0.3, 0.4) is 0 Å². The first-order valence-corrected chi connectivity index (χ1v) is 10.0. The minimum atomic E-state index is -2.26. The van der Waals surface area contributed by atoms with Crippen molar-refractivity contribution in [1.29, 1.82) is 0 Å². The van der Waals surface area contributed by atoms with Gasteiger partial charge in [0.05, 0.1) is 14.2 Å². The minimum Gasteiger partial charge on any atom is -0.504 e. The number of rotatable bonds is 10. The van der Waals surface area contributed by atoms with Crippen LogP contribution in [0.5, 0.6) is 23.0 Å². The Kier molecular flexibility index (Phi) is 9.43. The molecular formula is C24H22O12. The van der Waals surface area contributed by atoms with Gasteiger partial charge >= 0.3 is 23.9 Å². The first-order chi connectivity index (χ1) is 17.0. The molecule has 0 radical (unpaired) electrons. The fourth-order valence-electron chi connectivity index (χ4n) is 2.70. The average Bonchev–Trinajstić information content (AvgIpc) is 2.85. The van der Waals surface area contributed by atoms with Gasteiger partial charge in [-0.1, -0.05) is 12.1 Å². The summed E-state index contributed by atoms with van der Waals surface area (Å²) < 4.78 is 19.1. The van der Waals surface area contributed by atoms with Crippen molar-refractivity contribution in [1.82, 2.24) is 0 Å². The lowest BCUT2D eigenvalue weighted by Gasteiger charge is -2.21. The molecule has 0 amide bonds. The molecule has 12 nitrogen and oxygen atoms in total. The van der Waals surface area contributed by atoms with Crippen molar-refractivity contribution in [3.05, 3.63) is 59.7 Å². The van der Waals surface area contributed by atoms with Crippen LogP contribution in [0.1, 0.15) is 11.1 Å². The van der Waals surface area contributed by atoms with E-state index in [9.17, 15) is 39.6 Å². The van der Waals surface area contributed by atoms with Gasteiger partial charge in [0.25, 0.3) is 0 Å². The molecule has 0 saturated heterocycles. The van der Waals surface area contributed by atoms with Gasteiger partial charge in [0, 0.05) is 12.2 Å². The van der Waals surface area contributed by atoms with Crippen LogP contribution in [-0.2, 0) is 33.4 Å². The number of aromatic hydroxyl groups is 3. The number of aliphatic carboxylic acids is 1. The number of ether oxygens (including phenoxy) is 4. The zero-order valence-electron chi connectivity index (χ0n) is 19.0. The number of hydrogen-bond acceptors (Lipinski definition) is 11. The molecule has 0 aliphatic rings. The fraction of sp³-hybridized carbons (Fsp3) is 0.167. The van der Waals surface area contributed by atoms with E-state index in [1.807, 2.05) is 0 Å². The third kappa shape index (κ3) is 7.52. The third-order valence-corrected chi connectivity index (χ3v) is 4.46. The lowest BCUT2D eigenvalue weighted by molar-refractivity contribution is -0.185. The number of phenolic OH excluding ortho intramolecular Hbond substituents is 3. The van der Waals surface area contributed by atoms with Crippen molar-refractivity contribution in [3.63, 3.8) is 0 Å². The maximum absolute atomic E-state index is 12.2. The molecule has 0 aliphatic heterocycles. The van der Waals surface area contributed by atoms with Crippen molar-refractivity contribution in [2.24, 2.45) is 0 Å². The maximum Gasteiger partial charge on any atom is 0.351 e. The molecule has 190 valence electrons. The van der Waals surface area contributed by atoms with Crippen LogP contribution in [0.25, 0.3) is 12.2 Å². The fourth-order valence-corrected chi connectivity index (χ4v) is 2.70. The van der Waals surface area contributed by atoms with Gasteiger partial charge in [-0.05, 0) is 47.5 Å². The van der Waals surface area contributed by atoms with Gasteiger partial charge < -0.3 is 39.4 Å². The number of carboxylic acid groups (broad SMARTS) is 1. The van der Waals surface area contributed by atoms with E-state index in [2.05, 4.69) is 4.74 Å². The Morgan fingerprint density at radius 2 is 1.28 bits per heavy atom. The van der Waals surface area contributed by atoms with Gasteiger partial charge in [0.2, 0.25) is 12.2 Å². The van der Waals surface area contributed by atoms with Crippen molar-refractivity contribution >= 4 is 36.0 Å². The van der Waals surface area contributed by atoms with Crippen LogP contribution in [0.2, 0.25) is 0 Å². The average molecular weight is 502 g/mol. The number of hydrogen-bond donors (Lipinski definition) is 4. The topological polar surface area (TPSA) is 186 Å². The predicted octanol–water partition coefficient (Wildman–Crippen LogP) is 1.62. The second-order valence-electron chi connectivity index (χ2n) is 6.92. The van der Waals surface area contributed by atoms with E-state index in [1.165, 1.54) is 37.5 Å². The number of benzene rings is 2. The van der Waals surface area contributed by atoms with Crippen molar-refractivity contribution in [2.75, 3.05) is 14.2 Å². The molecule has 0 heterocycles. The van der Waals surface area contributed by atoms with Crippen molar-refractivity contribution in [2.45, 2.75) is 12.2 Å². The molecule has 36 heavy (non-hydrogen) atoms. The lowest BCUT2D eigenvalue weighted by Crippen LogP contribution is -2.46. The van der Waals surface area contributed by atoms with E-state index in [4.69, 9.17) is 14.2 Å². The lowest BCUT2D eigenvalue weighted by atomic mass is 10.1. The molecule has 0 spiro atoms. The van der Waals surface area contributed by atoms with Crippen LogP contribution in [0.4, 0.5) is 0 Å². The van der Waals surface area contributed by atoms with E-state index in [0.717, 1.165) is 37.5 Å². The second kappa shape index (κ2) is 12.5. The largest absolute Gasteiger partial charge is 0.504 e. The van der Waals surface area contributed by atoms with Gasteiger partial charge in [-0.3, -0.25) is 0 Å². The Hall–Kier alpha value is -5.00. The molecule has 0 aromatic heterocycles. The maximum atomic E-state index is 12.2. The highest BCUT2D eigenvalue weighted by Crippen LogP contribution is 2.27. The van der Waals surface area contributed by atoms with E-state index >= 15 is 0 Å². The Balaban J connectivity index is 2.15. The Bertz CT molecular complexity index is 1200. The van der Waals surface area contributed by atoms with Crippen LogP contribution >= 0.6 is 0 Å². The molecule has 2 unspecified atom stereocenters. The first-order valence-electron chi connectivity index (χ1n) is 10.0. The predicted molar refractivity (Wildman–Crippen MR) is 122 cm³/mol. The van der Waals surface area contributed by atoms with E-state index < -0.39 is 41.8 Å². The standard InChI is InChI=1S/C24H22O12/c1-33-18-8-4-14(12-17(18)27)6-10-20(29)36-22(24(32)34-2)21(23(30)31)35-19(28)9-5-13-3-7-15(25)16(26)11-13/h3-12,21-22,25-27H,1-2H3,(H,30,31)/b9-5+,10-6+. The molecule has 12 heteroatoms. The molecule has 0 saturated carbocycles.